The predicted octanol–water partition coefficient (Wildman–Crippen LogP) is 0.633. The summed E-state index contributed by atoms with van der Waals surface area (Å²) in [4.78, 5) is 29.5. The minimum atomic E-state index is -0.902. The normalized spacial score (nSPS) is 32.2. The summed E-state index contributed by atoms with van der Waals surface area (Å²) in [6.45, 7) is 6.04. The quantitative estimate of drug-likeness (QED) is 0.770. The fourth-order valence-electron chi connectivity index (χ4n) is 2.78. The van der Waals surface area contributed by atoms with Crippen molar-refractivity contribution in [2.24, 2.45) is 0 Å². The average Bonchev–Trinajstić information content (AvgIpc) is 2.43. The van der Waals surface area contributed by atoms with Gasteiger partial charge in [-0.15, -0.1) is 0 Å². The van der Waals surface area contributed by atoms with Crippen LogP contribution in [0.25, 0.3) is 0 Å². The molecular weight excluding hydrogens is 278 g/mol. The molecule has 20 heavy (non-hydrogen) atoms. The van der Waals surface area contributed by atoms with Crippen LogP contribution < -0.4 is 0 Å². The zero-order chi connectivity index (χ0) is 14.9. The summed E-state index contributed by atoms with van der Waals surface area (Å²) >= 11 is 1.60. The van der Waals surface area contributed by atoms with E-state index >= 15 is 0 Å². The molecular formula is C13H23N3O3S. The van der Waals surface area contributed by atoms with E-state index in [1.165, 1.54) is 4.90 Å². The zero-order valence-corrected chi connectivity index (χ0v) is 13.1. The molecule has 2 aliphatic heterocycles. The monoisotopic (exact) mass is 301 g/mol. The first-order valence-corrected chi connectivity index (χ1v) is 8.15. The van der Waals surface area contributed by atoms with Crippen molar-refractivity contribution < 1.29 is 14.7 Å². The van der Waals surface area contributed by atoms with Crippen LogP contribution in [0.1, 0.15) is 13.8 Å². The van der Waals surface area contributed by atoms with Gasteiger partial charge in [0.2, 0.25) is 0 Å². The highest BCUT2D eigenvalue weighted by molar-refractivity contribution is 7.99. The van der Waals surface area contributed by atoms with Crippen LogP contribution in [-0.2, 0) is 4.79 Å². The highest BCUT2D eigenvalue weighted by atomic mass is 32.2. The molecule has 114 valence electrons. The number of likely N-dealkylation sites (N-methyl/N-ethyl adjacent to an activating group) is 1. The molecule has 0 spiro atoms. The fourth-order valence-corrected chi connectivity index (χ4v) is 3.82. The summed E-state index contributed by atoms with van der Waals surface area (Å²) in [6, 6.07) is -0.216. The van der Waals surface area contributed by atoms with Gasteiger partial charge in [0, 0.05) is 43.2 Å². The van der Waals surface area contributed by atoms with Crippen LogP contribution in [0.15, 0.2) is 0 Å². The molecule has 3 unspecified atom stereocenters. The van der Waals surface area contributed by atoms with Crippen LogP contribution in [0.2, 0.25) is 0 Å². The Morgan fingerprint density at radius 2 is 1.80 bits per heavy atom. The van der Waals surface area contributed by atoms with Crippen LogP contribution in [0.5, 0.6) is 0 Å². The van der Waals surface area contributed by atoms with E-state index in [1.807, 2.05) is 0 Å². The summed E-state index contributed by atoms with van der Waals surface area (Å²) in [5.41, 5.74) is 0. The van der Waals surface area contributed by atoms with E-state index in [2.05, 4.69) is 25.8 Å². The van der Waals surface area contributed by atoms with Gasteiger partial charge < -0.3 is 14.9 Å². The maximum atomic E-state index is 12.6. The van der Waals surface area contributed by atoms with E-state index in [0.29, 0.717) is 37.5 Å². The predicted molar refractivity (Wildman–Crippen MR) is 79.1 cm³/mol. The second-order valence-corrected chi connectivity index (χ2v) is 6.82. The second kappa shape index (κ2) is 6.22. The number of aliphatic carboxylic acids is 1. The highest BCUT2D eigenvalue weighted by Crippen LogP contribution is 2.21. The van der Waals surface area contributed by atoms with Gasteiger partial charge in [-0.3, -0.25) is 4.90 Å². The number of thioether (sulfide) groups is 1. The number of amides is 2. The summed E-state index contributed by atoms with van der Waals surface area (Å²) in [7, 11) is 2.06. The number of carbonyl (C=O) groups excluding carboxylic acids is 1. The van der Waals surface area contributed by atoms with Gasteiger partial charge in [-0.05, 0) is 20.9 Å². The highest BCUT2D eigenvalue weighted by Gasteiger charge is 2.37. The lowest BCUT2D eigenvalue weighted by atomic mass is 10.1. The SMILES string of the molecule is CC1CN(C(=O)N2CCSCC2C(=O)O)CC(C)N1C. The molecule has 2 heterocycles. The number of carboxylic acids is 1. The number of piperazine rings is 1. The van der Waals surface area contributed by atoms with E-state index in [1.54, 1.807) is 16.7 Å². The molecule has 0 aromatic rings. The van der Waals surface area contributed by atoms with Gasteiger partial charge in [-0.1, -0.05) is 0 Å². The Labute approximate surface area is 124 Å². The number of rotatable bonds is 1. The molecule has 0 saturated carbocycles. The van der Waals surface area contributed by atoms with Crippen molar-refractivity contribution in [3.8, 4) is 0 Å². The number of carboxylic acid groups (broad SMARTS) is 1. The van der Waals surface area contributed by atoms with Crippen molar-refractivity contribution in [1.29, 1.82) is 0 Å². The van der Waals surface area contributed by atoms with Crippen molar-refractivity contribution in [2.45, 2.75) is 32.0 Å². The number of urea groups is 1. The summed E-state index contributed by atoms with van der Waals surface area (Å²) in [6.07, 6.45) is 0. The average molecular weight is 301 g/mol. The Balaban J connectivity index is 2.07. The molecule has 0 bridgehead atoms. The third-order valence-electron chi connectivity index (χ3n) is 4.29. The molecule has 1 N–H and O–H groups in total. The molecule has 3 atom stereocenters. The number of hydrogen-bond acceptors (Lipinski definition) is 4. The van der Waals surface area contributed by atoms with Gasteiger partial charge >= 0.3 is 12.0 Å². The van der Waals surface area contributed by atoms with Gasteiger partial charge in [-0.2, -0.15) is 11.8 Å². The zero-order valence-electron chi connectivity index (χ0n) is 12.3. The van der Waals surface area contributed by atoms with Crippen molar-refractivity contribution in [3.63, 3.8) is 0 Å². The summed E-state index contributed by atoms with van der Waals surface area (Å²) in [5.74, 6) is 0.398. The first kappa shape index (κ1) is 15.4. The third-order valence-corrected chi connectivity index (χ3v) is 5.31. The van der Waals surface area contributed by atoms with Crippen molar-refractivity contribution in [2.75, 3.05) is 38.2 Å². The molecule has 6 nitrogen and oxygen atoms in total. The van der Waals surface area contributed by atoms with Crippen LogP contribution in [-0.4, -0.2) is 88.1 Å². The second-order valence-electron chi connectivity index (χ2n) is 5.67. The smallest absolute Gasteiger partial charge is 0.327 e. The topological polar surface area (TPSA) is 64.1 Å². The van der Waals surface area contributed by atoms with Gasteiger partial charge in [0.05, 0.1) is 0 Å². The van der Waals surface area contributed by atoms with E-state index in [-0.39, 0.29) is 6.03 Å². The summed E-state index contributed by atoms with van der Waals surface area (Å²) < 4.78 is 0. The maximum Gasteiger partial charge on any atom is 0.327 e. The fraction of sp³-hybridized carbons (Fsp3) is 0.846. The first-order valence-electron chi connectivity index (χ1n) is 7.00. The minimum absolute atomic E-state index is 0.121. The molecule has 2 amide bonds. The van der Waals surface area contributed by atoms with Gasteiger partial charge in [-0.25, -0.2) is 9.59 Å². The third kappa shape index (κ3) is 3.03. The van der Waals surface area contributed by atoms with Crippen LogP contribution in [0.3, 0.4) is 0 Å². The minimum Gasteiger partial charge on any atom is -0.480 e. The molecule has 2 rings (SSSR count). The number of carbonyl (C=O) groups is 2. The Morgan fingerprint density at radius 1 is 1.20 bits per heavy atom. The number of hydrogen-bond donors (Lipinski definition) is 1. The lowest BCUT2D eigenvalue weighted by molar-refractivity contribution is -0.141. The first-order chi connectivity index (χ1) is 9.41. The van der Waals surface area contributed by atoms with E-state index in [4.69, 9.17) is 0 Å². The Hall–Kier alpha value is -0.950. The van der Waals surface area contributed by atoms with Crippen LogP contribution in [0, 0.1) is 0 Å². The molecule has 7 heteroatoms. The Kier molecular flexibility index (Phi) is 4.80. The lowest BCUT2D eigenvalue weighted by Crippen LogP contribution is -2.61. The Bertz CT molecular complexity index is 381. The molecule has 2 aliphatic rings. The van der Waals surface area contributed by atoms with E-state index in [9.17, 15) is 14.7 Å². The lowest BCUT2D eigenvalue weighted by Gasteiger charge is -2.45. The molecule has 0 aromatic carbocycles. The Morgan fingerprint density at radius 3 is 2.35 bits per heavy atom. The van der Waals surface area contributed by atoms with E-state index < -0.39 is 12.0 Å². The van der Waals surface area contributed by atoms with Gasteiger partial charge in [0.15, 0.2) is 0 Å². The largest absolute Gasteiger partial charge is 0.480 e. The van der Waals surface area contributed by atoms with Crippen molar-refractivity contribution >= 4 is 23.8 Å². The summed E-state index contributed by atoms with van der Waals surface area (Å²) in [5, 5.41) is 9.27. The van der Waals surface area contributed by atoms with Crippen LogP contribution in [0.4, 0.5) is 4.79 Å². The van der Waals surface area contributed by atoms with Gasteiger partial charge in [0.1, 0.15) is 6.04 Å². The number of nitrogens with zero attached hydrogens (tertiary/aromatic N) is 3. The molecule has 2 saturated heterocycles. The van der Waals surface area contributed by atoms with Crippen LogP contribution >= 0.6 is 11.8 Å². The van der Waals surface area contributed by atoms with E-state index in [0.717, 1.165) is 5.75 Å². The maximum absolute atomic E-state index is 12.6. The molecule has 2 fully saturated rings. The van der Waals surface area contributed by atoms with Crippen molar-refractivity contribution in [3.05, 3.63) is 0 Å². The molecule has 0 aromatic heterocycles. The standard InChI is InChI=1S/C13H23N3O3S/c1-9-6-15(7-10(2)14(9)3)13(19)16-4-5-20-8-11(16)12(17)18/h9-11H,4-8H2,1-3H3,(H,17,18). The molecule has 0 radical (unpaired) electrons. The van der Waals surface area contributed by atoms with Gasteiger partial charge in [0.25, 0.3) is 0 Å². The van der Waals surface area contributed by atoms with Crippen molar-refractivity contribution in [1.82, 2.24) is 14.7 Å². The molecule has 0 aliphatic carbocycles.